The summed E-state index contributed by atoms with van der Waals surface area (Å²) in [6, 6.07) is 8.80. The molecule has 1 aliphatic heterocycles. The molecule has 0 bridgehead atoms. The SMILES string of the molecule is COc1cccnc1C(=O)N1CCOC(c2ccc(Cl)c(Cl)c2)C1. The summed E-state index contributed by atoms with van der Waals surface area (Å²) in [6.45, 7) is 1.35. The van der Waals surface area contributed by atoms with E-state index in [4.69, 9.17) is 32.7 Å². The highest BCUT2D eigenvalue weighted by Crippen LogP contribution is 2.29. The van der Waals surface area contributed by atoms with Crippen LogP contribution in [0.5, 0.6) is 5.75 Å². The van der Waals surface area contributed by atoms with Crippen molar-refractivity contribution in [1.82, 2.24) is 9.88 Å². The van der Waals surface area contributed by atoms with Crippen molar-refractivity contribution < 1.29 is 14.3 Å². The average Bonchev–Trinajstić information content (AvgIpc) is 2.63. The highest BCUT2D eigenvalue weighted by atomic mass is 35.5. The summed E-state index contributed by atoms with van der Waals surface area (Å²) in [4.78, 5) is 18.6. The summed E-state index contributed by atoms with van der Waals surface area (Å²) < 4.78 is 11.0. The van der Waals surface area contributed by atoms with E-state index in [2.05, 4.69) is 4.98 Å². The highest BCUT2D eigenvalue weighted by molar-refractivity contribution is 6.42. The van der Waals surface area contributed by atoms with E-state index < -0.39 is 0 Å². The van der Waals surface area contributed by atoms with Crippen LogP contribution in [0.4, 0.5) is 0 Å². The maximum absolute atomic E-state index is 12.8. The molecule has 1 aromatic heterocycles. The van der Waals surface area contributed by atoms with E-state index in [9.17, 15) is 4.79 Å². The van der Waals surface area contributed by atoms with E-state index in [1.165, 1.54) is 7.11 Å². The molecule has 1 amide bonds. The molecular formula is C17H16Cl2N2O3. The zero-order valence-corrected chi connectivity index (χ0v) is 14.5. The summed E-state index contributed by atoms with van der Waals surface area (Å²) >= 11 is 12.0. The maximum Gasteiger partial charge on any atom is 0.276 e. The van der Waals surface area contributed by atoms with E-state index in [1.807, 2.05) is 6.07 Å². The molecule has 1 aliphatic rings. The number of morpholine rings is 1. The number of pyridine rings is 1. The van der Waals surface area contributed by atoms with Crippen LogP contribution < -0.4 is 4.74 Å². The third kappa shape index (κ3) is 3.48. The van der Waals surface area contributed by atoms with Crippen LogP contribution >= 0.6 is 23.2 Å². The van der Waals surface area contributed by atoms with Crippen LogP contribution in [-0.2, 0) is 4.74 Å². The minimum Gasteiger partial charge on any atom is -0.494 e. The van der Waals surface area contributed by atoms with Gasteiger partial charge in [-0.1, -0.05) is 29.3 Å². The molecule has 1 saturated heterocycles. The molecule has 0 aliphatic carbocycles. The fourth-order valence-corrected chi connectivity index (χ4v) is 2.92. The van der Waals surface area contributed by atoms with Crippen molar-refractivity contribution >= 4 is 29.1 Å². The van der Waals surface area contributed by atoms with Gasteiger partial charge in [-0.15, -0.1) is 0 Å². The van der Waals surface area contributed by atoms with Gasteiger partial charge in [-0.3, -0.25) is 4.79 Å². The molecule has 24 heavy (non-hydrogen) atoms. The molecule has 1 aromatic carbocycles. The maximum atomic E-state index is 12.8. The number of hydrogen-bond acceptors (Lipinski definition) is 4. The van der Waals surface area contributed by atoms with Gasteiger partial charge in [-0.25, -0.2) is 4.98 Å². The van der Waals surface area contributed by atoms with Crippen LogP contribution in [0.15, 0.2) is 36.5 Å². The molecular weight excluding hydrogens is 351 g/mol. The second kappa shape index (κ2) is 7.38. The number of benzene rings is 1. The smallest absolute Gasteiger partial charge is 0.276 e. The minimum atomic E-state index is -0.257. The number of methoxy groups -OCH3 is 1. The predicted octanol–water partition coefficient (Wildman–Crippen LogP) is 3.61. The predicted molar refractivity (Wildman–Crippen MR) is 91.8 cm³/mol. The second-order valence-corrected chi connectivity index (χ2v) is 6.15. The first-order valence-corrected chi connectivity index (χ1v) is 8.20. The molecule has 2 heterocycles. The first-order chi connectivity index (χ1) is 11.6. The van der Waals surface area contributed by atoms with Crippen molar-refractivity contribution in [2.75, 3.05) is 26.8 Å². The number of carbonyl (C=O) groups excluding carboxylic acids is 1. The lowest BCUT2D eigenvalue weighted by Crippen LogP contribution is -2.42. The Hall–Kier alpha value is -1.82. The molecule has 1 fully saturated rings. The standard InChI is InChI=1S/C17H16Cl2N2O3/c1-23-14-3-2-6-20-16(14)17(22)21-7-8-24-15(10-21)11-4-5-12(18)13(19)9-11/h2-6,9,15H,7-8,10H2,1H3. The van der Waals surface area contributed by atoms with Gasteiger partial charge in [0.25, 0.3) is 5.91 Å². The molecule has 0 N–H and O–H groups in total. The van der Waals surface area contributed by atoms with Gasteiger partial charge in [0, 0.05) is 12.7 Å². The normalized spacial score (nSPS) is 17.6. The molecule has 126 valence electrons. The van der Waals surface area contributed by atoms with E-state index in [1.54, 1.807) is 35.4 Å². The molecule has 3 rings (SSSR count). The topological polar surface area (TPSA) is 51.7 Å². The van der Waals surface area contributed by atoms with Crippen LogP contribution in [0.25, 0.3) is 0 Å². The number of nitrogens with zero attached hydrogens (tertiary/aromatic N) is 2. The van der Waals surface area contributed by atoms with Gasteiger partial charge in [-0.05, 0) is 29.8 Å². The van der Waals surface area contributed by atoms with Crippen LogP contribution in [0.1, 0.15) is 22.2 Å². The van der Waals surface area contributed by atoms with Crippen molar-refractivity contribution in [1.29, 1.82) is 0 Å². The van der Waals surface area contributed by atoms with Gasteiger partial charge in [0.1, 0.15) is 11.9 Å². The third-order valence-corrected chi connectivity index (χ3v) is 4.60. The number of rotatable bonds is 3. The summed E-state index contributed by atoms with van der Waals surface area (Å²) in [6.07, 6.45) is 1.32. The monoisotopic (exact) mass is 366 g/mol. The first-order valence-electron chi connectivity index (χ1n) is 7.45. The Morgan fingerprint density at radius 2 is 2.17 bits per heavy atom. The summed E-state index contributed by atoms with van der Waals surface area (Å²) in [5, 5.41) is 0.954. The molecule has 7 heteroatoms. The van der Waals surface area contributed by atoms with Gasteiger partial charge >= 0.3 is 0 Å². The zero-order valence-electron chi connectivity index (χ0n) is 13.0. The van der Waals surface area contributed by atoms with E-state index in [0.29, 0.717) is 41.2 Å². The van der Waals surface area contributed by atoms with Crippen molar-refractivity contribution in [3.05, 3.63) is 57.8 Å². The minimum absolute atomic E-state index is 0.180. The number of carbonyl (C=O) groups is 1. The summed E-state index contributed by atoms with van der Waals surface area (Å²) in [7, 11) is 1.52. The average molecular weight is 367 g/mol. The van der Waals surface area contributed by atoms with Crippen molar-refractivity contribution in [2.24, 2.45) is 0 Å². The van der Waals surface area contributed by atoms with Crippen LogP contribution in [0.2, 0.25) is 10.0 Å². The van der Waals surface area contributed by atoms with Crippen LogP contribution in [-0.4, -0.2) is 42.6 Å². The Labute approximate surface area is 150 Å². The lowest BCUT2D eigenvalue weighted by Gasteiger charge is -2.33. The number of ether oxygens (including phenoxy) is 2. The molecule has 0 spiro atoms. The van der Waals surface area contributed by atoms with Gasteiger partial charge < -0.3 is 14.4 Å². The largest absolute Gasteiger partial charge is 0.494 e. The molecule has 5 nitrogen and oxygen atoms in total. The fourth-order valence-electron chi connectivity index (χ4n) is 2.61. The quantitative estimate of drug-likeness (QED) is 0.832. The van der Waals surface area contributed by atoms with Crippen molar-refractivity contribution in [3.8, 4) is 5.75 Å². The Kier molecular flexibility index (Phi) is 5.23. The van der Waals surface area contributed by atoms with Gasteiger partial charge in [0.15, 0.2) is 5.69 Å². The molecule has 2 aromatic rings. The Balaban J connectivity index is 1.80. The van der Waals surface area contributed by atoms with Crippen molar-refractivity contribution in [3.63, 3.8) is 0 Å². The Morgan fingerprint density at radius 3 is 2.92 bits per heavy atom. The fraction of sp³-hybridized carbons (Fsp3) is 0.294. The third-order valence-electron chi connectivity index (χ3n) is 3.86. The molecule has 1 unspecified atom stereocenters. The zero-order chi connectivity index (χ0) is 17.1. The van der Waals surface area contributed by atoms with Gasteiger partial charge in [0.2, 0.25) is 0 Å². The van der Waals surface area contributed by atoms with Gasteiger partial charge in [-0.2, -0.15) is 0 Å². The molecule has 0 saturated carbocycles. The number of amides is 1. The number of halogens is 2. The lowest BCUT2D eigenvalue weighted by atomic mass is 10.1. The molecule has 1 atom stereocenters. The number of hydrogen-bond donors (Lipinski definition) is 0. The Morgan fingerprint density at radius 1 is 1.33 bits per heavy atom. The Bertz CT molecular complexity index is 754. The first kappa shape index (κ1) is 17.0. The van der Waals surface area contributed by atoms with E-state index in [0.717, 1.165) is 5.56 Å². The summed E-state index contributed by atoms with van der Waals surface area (Å²) in [5.41, 5.74) is 1.18. The van der Waals surface area contributed by atoms with Crippen molar-refractivity contribution in [2.45, 2.75) is 6.10 Å². The number of aromatic nitrogens is 1. The van der Waals surface area contributed by atoms with E-state index >= 15 is 0 Å². The van der Waals surface area contributed by atoms with Crippen LogP contribution in [0.3, 0.4) is 0 Å². The van der Waals surface area contributed by atoms with Crippen LogP contribution in [0, 0.1) is 0 Å². The van der Waals surface area contributed by atoms with Gasteiger partial charge in [0.05, 0.1) is 30.3 Å². The summed E-state index contributed by atoms with van der Waals surface area (Å²) in [5.74, 6) is 0.279. The highest BCUT2D eigenvalue weighted by Gasteiger charge is 2.28. The van der Waals surface area contributed by atoms with E-state index in [-0.39, 0.29) is 12.0 Å². The lowest BCUT2D eigenvalue weighted by molar-refractivity contribution is -0.0231. The molecule has 0 radical (unpaired) electrons. The second-order valence-electron chi connectivity index (χ2n) is 5.34.